The van der Waals surface area contributed by atoms with Crippen LogP contribution in [0.5, 0.6) is 0 Å². The van der Waals surface area contributed by atoms with Gasteiger partial charge >= 0.3 is 0 Å². The molecule has 0 bridgehead atoms. The molecule has 0 unspecified atom stereocenters. The molecule has 12 heavy (non-hydrogen) atoms. The van der Waals surface area contributed by atoms with E-state index in [0.717, 1.165) is 4.73 Å². The molecule has 0 aliphatic heterocycles. The largest absolute Gasteiger partial charge is 0.425 e. The summed E-state index contributed by atoms with van der Waals surface area (Å²) in [6, 6.07) is 1.26. The van der Waals surface area contributed by atoms with Gasteiger partial charge in [-0.15, -0.1) is 0 Å². The number of nitrogens with zero attached hydrogens (tertiary/aromatic N) is 2. The molecule has 0 radical (unpaired) electrons. The van der Waals surface area contributed by atoms with Crippen molar-refractivity contribution in [3.8, 4) is 0 Å². The maximum absolute atomic E-state index is 11.2. The summed E-state index contributed by atoms with van der Waals surface area (Å²) in [5.74, 6) is 0. The van der Waals surface area contributed by atoms with Crippen LogP contribution in [-0.4, -0.2) is 15.1 Å². The Morgan fingerprint density at radius 2 is 2.42 bits per heavy atom. The minimum Gasteiger partial charge on any atom is -0.425 e. The molecule has 0 amide bonds. The molecule has 0 spiro atoms. The average Bonchev–Trinajstić information content (AvgIpc) is 2.42. The van der Waals surface area contributed by atoms with Gasteiger partial charge in [0.05, 0.1) is 11.9 Å². The molecule has 1 N–H and O–H groups in total. The van der Waals surface area contributed by atoms with Crippen LogP contribution in [0.1, 0.15) is 5.69 Å². The maximum atomic E-state index is 11.2. The first-order valence-corrected chi connectivity index (χ1v) is 3.37. The highest BCUT2D eigenvalue weighted by Gasteiger charge is 2.10. The second kappa shape index (κ2) is 2.10. The predicted molar refractivity (Wildman–Crippen MR) is 40.2 cm³/mol. The minimum absolute atomic E-state index is 0.0833. The molecule has 62 valence electrons. The molecule has 2 rings (SSSR count). The van der Waals surface area contributed by atoms with E-state index in [0.29, 0.717) is 11.1 Å². The Morgan fingerprint density at radius 1 is 1.67 bits per heavy atom. The van der Waals surface area contributed by atoms with E-state index in [9.17, 15) is 4.79 Å². The van der Waals surface area contributed by atoms with Crippen molar-refractivity contribution in [1.82, 2.24) is 9.89 Å². The Kier molecular flexibility index (Phi) is 1.21. The summed E-state index contributed by atoms with van der Waals surface area (Å²) in [5.41, 5.74) is 0.368. The lowest BCUT2D eigenvalue weighted by Crippen LogP contribution is -2.04. The van der Waals surface area contributed by atoms with Gasteiger partial charge in [-0.3, -0.25) is 4.79 Å². The number of rotatable bonds is 0. The van der Waals surface area contributed by atoms with Crippen LogP contribution in [0, 0.1) is 6.92 Å². The van der Waals surface area contributed by atoms with E-state index in [1.165, 1.54) is 12.3 Å². The molecule has 0 saturated heterocycles. The van der Waals surface area contributed by atoms with Crippen LogP contribution in [0.2, 0.25) is 0 Å². The van der Waals surface area contributed by atoms with Gasteiger partial charge in [-0.1, -0.05) is 5.16 Å². The molecule has 0 aromatic carbocycles. The molecule has 2 aromatic heterocycles. The highest BCUT2D eigenvalue weighted by molar-refractivity contribution is 5.75. The Bertz CT molecular complexity index is 483. The SMILES string of the molecule is Cc1noc2c1c(=O)ccn2O. The van der Waals surface area contributed by atoms with Crippen molar-refractivity contribution in [3.63, 3.8) is 0 Å². The number of aromatic nitrogens is 2. The van der Waals surface area contributed by atoms with Gasteiger partial charge in [0, 0.05) is 6.07 Å². The van der Waals surface area contributed by atoms with Gasteiger partial charge in [-0.25, -0.2) is 0 Å². The third-order valence-corrected chi connectivity index (χ3v) is 1.67. The highest BCUT2D eigenvalue weighted by atomic mass is 16.5. The lowest BCUT2D eigenvalue weighted by molar-refractivity contribution is 0.181. The Hall–Kier alpha value is -1.78. The van der Waals surface area contributed by atoms with Crippen LogP contribution in [0.3, 0.4) is 0 Å². The van der Waals surface area contributed by atoms with E-state index in [1.54, 1.807) is 6.92 Å². The van der Waals surface area contributed by atoms with Crippen LogP contribution < -0.4 is 5.43 Å². The number of hydrogen-bond acceptors (Lipinski definition) is 4. The first-order chi connectivity index (χ1) is 5.70. The summed E-state index contributed by atoms with van der Waals surface area (Å²) in [5, 5.41) is 13.0. The second-order valence-electron chi connectivity index (χ2n) is 2.47. The molecule has 5 nitrogen and oxygen atoms in total. The monoisotopic (exact) mass is 166 g/mol. The van der Waals surface area contributed by atoms with Gasteiger partial charge in [-0.2, -0.15) is 4.73 Å². The lowest BCUT2D eigenvalue weighted by Gasteiger charge is -1.93. The summed E-state index contributed by atoms with van der Waals surface area (Å²) in [6.07, 6.45) is 1.22. The zero-order valence-electron chi connectivity index (χ0n) is 6.31. The van der Waals surface area contributed by atoms with E-state index in [4.69, 9.17) is 9.73 Å². The first kappa shape index (κ1) is 6.90. The van der Waals surface area contributed by atoms with E-state index < -0.39 is 0 Å². The van der Waals surface area contributed by atoms with E-state index >= 15 is 0 Å². The van der Waals surface area contributed by atoms with Gasteiger partial charge in [0.15, 0.2) is 5.43 Å². The number of pyridine rings is 1. The third-order valence-electron chi connectivity index (χ3n) is 1.67. The second-order valence-corrected chi connectivity index (χ2v) is 2.47. The van der Waals surface area contributed by atoms with Crippen molar-refractivity contribution in [2.24, 2.45) is 0 Å². The highest BCUT2D eigenvalue weighted by Crippen LogP contribution is 2.11. The Balaban J connectivity index is 3.09. The molecule has 0 saturated carbocycles. The van der Waals surface area contributed by atoms with Crippen molar-refractivity contribution >= 4 is 11.1 Å². The molecule has 0 aliphatic carbocycles. The molecule has 2 heterocycles. The van der Waals surface area contributed by atoms with Crippen LogP contribution in [0.4, 0.5) is 0 Å². The number of hydrogen-bond donors (Lipinski definition) is 1. The maximum Gasteiger partial charge on any atom is 0.275 e. The molecule has 0 fully saturated rings. The quantitative estimate of drug-likeness (QED) is 0.580. The van der Waals surface area contributed by atoms with Crippen molar-refractivity contribution in [2.45, 2.75) is 6.92 Å². The number of fused-ring (bicyclic) bond motifs is 1. The van der Waals surface area contributed by atoms with Crippen LogP contribution >= 0.6 is 0 Å². The van der Waals surface area contributed by atoms with Gasteiger partial charge in [0.1, 0.15) is 5.39 Å². The van der Waals surface area contributed by atoms with Crippen molar-refractivity contribution < 1.29 is 9.73 Å². The fourth-order valence-corrected chi connectivity index (χ4v) is 1.09. The van der Waals surface area contributed by atoms with Gasteiger partial charge in [0.2, 0.25) is 0 Å². The summed E-state index contributed by atoms with van der Waals surface area (Å²) >= 11 is 0. The normalized spacial score (nSPS) is 10.8. The summed E-state index contributed by atoms with van der Waals surface area (Å²) < 4.78 is 5.46. The Labute approximate surface area is 66.8 Å². The van der Waals surface area contributed by atoms with Gasteiger partial charge < -0.3 is 9.73 Å². The standard InChI is InChI=1S/C7H6N2O3/c1-4-6-5(10)2-3-9(11)7(6)12-8-4/h2-3,11H,1H3. The molecule has 0 aliphatic rings. The summed E-state index contributed by atoms with van der Waals surface area (Å²) in [7, 11) is 0. The smallest absolute Gasteiger partial charge is 0.275 e. The fourth-order valence-electron chi connectivity index (χ4n) is 1.09. The van der Waals surface area contributed by atoms with E-state index in [1.807, 2.05) is 0 Å². The lowest BCUT2D eigenvalue weighted by atomic mass is 10.3. The van der Waals surface area contributed by atoms with Crippen molar-refractivity contribution in [3.05, 3.63) is 28.2 Å². The van der Waals surface area contributed by atoms with E-state index in [2.05, 4.69) is 5.16 Å². The van der Waals surface area contributed by atoms with Gasteiger partial charge in [0.25, 0.3) is 5.71 Å². The topological polar surface area (TPSA) is 68.3 Å². The van der Waals surface area contributed by atoms with Crippen LogP contribution in [0.15, 0.2) is 21.6 Å². The van der Waals surface area contributed by atoms with Crippen molar-refractivity contribution in [2.75, 3.05) is 0 Å². The number of aryl methyl sites for hydroxylation is 1. The minimum atomic E-state index is -0.200. The fraction of sp³-hybridized carbons (Fsp3) is 0.143. The van der Waals surface area contributed by atoms with Gasteiger partial charge in [-0.05, 0) is 6.92 Å². The average molecular weight is 166 g/mol. The molecular formula is C7H6N2O3. The van der Waals surface area contributed by atoms with E-state index in [-0.39, 0.29) is 11.1 Å². The molecule has 2 aromatic rings. The summed E-state index contributed by atoms with van der Waals surface area (Å²) in [6.45, 7) is 1.65. The zero-order chi connectivity index (χ0) is 8.72. The van der Waals surface area contributed by atoms with Crippen LogP contribution in [-0.2, 0) is 0 Å². The predicted octanol–water partition coefficient (Wildman–Crippen LogP) is 0.535. The first-order valence-electron chi connectivity index (χ1n) is 3.37. The van der Waals surface area contributed by atoms with Crippen LogP contribution in [0.25, 0.3) is 11.1 Å². The summed E-state index contributed by atoms with van der Waals surface area (Å²) in [4.78, 5) is 11.2. The Morgan fingerprint density at radius 3 is 3.08 bits per heavy atom. The molecule has 0 atom stereocenters. The third kappa shape index (κ3) is 0.730. The molecular weight excluding hydrogens is 160 g/mol. The zero-order valence-corrected chi connectivity index (χ0v) is 6.31. The molecule has 5 heteroatoms. The van der Waals surface area contributed by atoms with Crippen molar-refractivity contribution in [1.29, 1.82) is 0 Å².